The normalized spacial score (nSPS) is 11.0. The van der Waals surface area contributed by atoms with Gasteiger partial charge in [0.2, 0.25) is 0 Å². The van der Waals surface area contributed by atoms with Gasteiger partial charge in [0.05, 0.1) is 5.52 Å². The monoisotopic (exact) mass is 298 g/mol. The lowest BCUT2D eigenvalue weighted by Crippen LogP contribution is -2.13. The molecular weight excluding hydrogens is 284 g/mol. The standard InChI is InChI=1S/C20H14N2O/c21-20(23)18-12-17(13-6-2-1-3-7-13)16-11-10-14-8-4-5-9-15(14)19(16)22-18/h1-12H,(H2,21,23). The third-order valence-electron chi connectivity index (χ3n) is 4.04. The zero-order valence-corrected chi connectivity index (χ0v) is 12.4. The molecule has 23 heavy (non-hydrogen) atoms. The van der Waals surface area contributed by atoms with Crippen LogP contribution in [0.2, 0.25) is 0 Å². The van der Waals surface area contributed by atoms with E-state index < -0.39 is 5.91 Å². The molecule has 4 rings (SSSR count). The molecule has 0 saturated carbocycles. The van der Waals surface area contributed by atoms with Crippen LogP contribution in [0.4, 0.5) is 0 Å². The second-order valence-corrected chi connectivity index (χ2v) is 5.47. The van der Waals surface area contributed by atoms with Gasteiger partial charge in [-0.25, -0.2) is 4.98 Å². The van der Waals surface area contributed by atoms with Crippen LogP contribution in [0.15, 0.2) is 72.8 Å². The number of carbonyl (C=O) groups excluding carboxylic acids is 1. The number of nitrogens with zero attached hydrogens (tertiary/aromatic N) is 1. The summed E-state index contributed by atoms with van der Waals surface area (Å²) < 4.78 is 0. The average molecular weight is 298 g/mol. The van der Waals surface area contributed by atoms with Gasteiger partial charge in [-0.05, 0) is 22.6 Å². The van der Waals surface area contributed by atoms with Crippen LogP contribution in [0, 0.1) is 0 Å². The molecule has 0 spiro atoms. The fraction of sp³-hybridized carbons (Fsp3) is 0. The number of carbonyl (C=O) groups is 1. The summed E-state index contributed by atoms with van der Waals surface area (Å²) in [6.07, 6.45) is 0. The van der Waals surface area contributed by atoms with Crippen LogP contribution in [-0.4, -0.2) is 10.9 Å². The average Bonchev–Trinajstić information content (AvgIpc) is 2.61. The maximum atomic E-state index is 11.7. The van der Waals surface area contributed by atoms with Gasteiger partial charge in [-0.1, -0.05) is 66.7 Å². The second kappa shape index (κ2) is 5.21. The third kappa shape index (κ3) is 2.23. The fourth-order valence-electron chi connectivity index (χ4n) is 2.94. The minimum absolute atomic E-state index is 0.285. The highest BCUT2D eigenvalue weighted by molar-refractivity contribution is 6.11. The van der Waals surface area contributed by atoms with E-state index in [9.17, 15) is 4.79 Å². The van der Waals surface area contributed by atoms with Crippen LogP contribution in [0.25, 0.3) is 32.8 Å². The van der Waals surface area contributed by atoms with E-state index >= 15 is 0 Å². The van der Waals surface area contributed by atoms with Gasteiger partial charge >= 0.3 is 0 Å². The molecule has 4 aromatic rings. The summed E-state index contributed by atoms with van der Waals surface area (Å²) >= 11 is 0. The Morgan fingerprint density at radius 3 is 2.35 bits per heavy atom. The molecule has 3 nitrogen and oxygen atoms in total. The molecule has 0 fully saturated rings. The largest absolute Gasteiger partial charge is 0.364 e. The number of hydrogen-bond acceptors (Lipinski definition) is 2. The number of aromatic nitrogens is 1. The number of fused-ring (bicyclic) bond motifs is 3. The van der Waals surface area contributed by atoms with E-state index in [2.05, 4.69) is 17.1 Å². The van der Waals surface area contributed by atoms with Crippen LogP contribution in [0.5, 0.6) is 0 Å². The summed E-state index contributed by atoms with van der Waals surface area (Å²) in [5.74, 6) is -0.517. The van der Waals surface area contributed by atoms with Gasteiger partial charge in [-0.15, -0.1) is 0 Å². The van der Waals surface area contributed by atoms with Gasteiger partial charge in [0.15, 0.2) is 0 Å². The molecule has 0 bridgehead atoms. The lowest BCUT2D eigenvalue weighted by molar-refractivity contribution is 0.0996. The van der Waals surface area contributed by atoms with Gasteiger partial charge in [0.1, 0.15) is 5.69 Å². The zero-order valence-electron chi connectivity index (χ0n) is 12.4. The molecule has 0 saturated heterocycles. The highest BCUT2D eigenvalue weighted by atomic mass is 16.1. The SMILES string of the molecule is NC(=O)c1cc(-c2ccccc2)c2ccc3ccccc3c2n1. The minimum atomic E-state index is -0.517. The molecule has 0 radical (unpaired) electrons. The Kier molecular flexibility index (Phi) is 3.05. The van der Waals surface area contributed by atoms with E-state index in [0.717, 1.165) is 32.8 Å². The molecular formula is C20H14N2O. The van der Waals surface area contributed by atoms with Crippen molar-refractivity contribution in [3.05, 3.63) is 78.5 Å². The van der Waals surface area contributed by atoms with Crippen LogP contribution < -0.4 is 5.73 Å². The first kappa shape index (κ1) is 13.5. The summed E-state index contributed by atoms with van der Waals surface area (Å²) in [7, 11) is 0. The van der Waals surface area contributed by atoms with E-state index in [4.69, 9.17) is 5.73 Å². The number of amides is 1. The summed E-state index contributed by atoms with van der Waals surface area (Å²) in [4.78, 5) is 16.2. The molecule has 2 N–H and O–H groups in total. The molecule has 0 aliphatic carbocycles. The van der Waals surface area contributed by atoms with Crippen LogP contribution in [-0.2, 0) is 0 Å². The van der Waals surface area contributed by atoms with Gasteiger partial charge in [-0.3, -0.25) is 4.79 Å². The second-order valence-electron chi connectivity index (χ2n) is 5.47. The van der Waals surface area contributed by atoms with Crippen molar-refractivity contribution in [2.24, 2.45) is 5.73 Å². The Labute approximate surface area is 133 Å². The van der Waals surface area contributed by atoms with Crippen molar-refractivity contribution in [3.8, 4) is 11.1 Å². The Balaban J connectivity index is 2.17. The van der Waals surface area contributed by atoms with Gasteiger partial charge in [0, 0.05) is 10.8 Å². The number of pyridine rings is 1. The quantitative estimate of drug-likeness (QED) is 0.565. The van der Waals surface area contributed by atoms with E-state index in [1.165, 1.54) is 0 Å². The molecule has 0 unspecified atom stereocenters. The van der Waals surface area contributed by atoms with Crippen molar-refractivity contribution in [3.63, 3.8) is 0 Å². The maximum Gasteiger partial charge on any atom is 0.267 e. The van der Waals surface area contributed by atoms with E-state index in [-0.39, 0.29) is 5.69 Å². The van der Waals surface area contributed by atoms with Crippen molar-refractivity contribution in [1.82, 2.24) is 4.98 Å². The van der Waals surface area contributed by atoms with E-state index in [1.807, 2.05) is 54.6 Å². The van der Waals surface area contributed by atoms with Crippen molar-refractivity contribution >= 4 is 27.6 Å². The Morgan fingerprint density at radius 1 is 0.826 bits per heavy atom. The molecule has 3 heteroatoms. The summed E-state index contributed by atoms with van der Waals surface area (Å²) in [5.41, 5.74) is 8.59. The topological polar surface area (TPSA) is 56.0 Å². The number of primary amides is 1. The minimum Gasteiger partial charge on any atom is -0.364 e. The van der Waals surface area contributed by atoms with Gasteiger partial charge in [0.25, 0.3) is 5.91 Å². The Morgan fingerprint density at radius 2 is 1.57 bits per heavy atom. The smallest absolute Gasteiger partial charge is 0.267 e. The predicted molar refractivity (Wildman–Crippen MR) is 93.2 cm³/mol. The van der Waals surface area contributed by atoms with E-state index in [1.54, 1.807) is 6.07 Å². The van der Waals surface area contributed by atoms with Crippen LogP contribution >= 0.6 is 0 Å². The summed E-state index contributed by atoms with van der Waals surface area (Å²) in [6, 6.07) is 23.9. The fourth-order valence-corrected chi connectivity index (χ4v) is 2.94. The molecule has 1 aromatic heterocycles. The first-order valence-corrected chi connectivity index (χ1v) is 7.42. The Hall–Kier alpha value is -3.20. The predicted octanol–water partition coefficient (Wildman–Crippen LogP) is 4.15. The molecule has 110 valence electrons. The lowest BCUT2D eigenvalue weighted by atomic mass is 9.97. The lowest BCUT2D eigenvalue weighted by Gasteiger charge is -2.11. The molecule has 0 atom stereocenters. The number of benzene rings is 3. The first-order chi connectivity index (χ1) is 11.2. The van der Waals surface area contributed by atoms with Gasteiger partial charge in [-0.2, -0.15) is 0 Å². The number of hydrogen-bond donors (Lipinski definition) is 1. The van der Waals surface area contributed by atoms with Gasteiger partial charge < -0.3 is 5.73 Å². The van der Waals surface area contributed by atoms with Crippen molar-refractivity contribution < 1.29 is 4.79 Å². The third-order valence-corrected chi connectivity index (χ3v) is 4.04. The summed E-state index contributed by atoms with van der Waals surface area (Å²) in [5, 5.41) is 3.12. The van der Waals surface area contributed by atoms with Crippen molar-refractivity contribution in [1.29, 1.82) is 0 Å². The molecule has 1 amide bonds. The van der Waals surface area contributed by atoms with Crippen LogP contribution in [0.1, 0.15) is 10.5 Å². The molecule has 1 heterocycles. The number of nitrogens with two attached hydrogens (primary N) is 1. The van der Waals surface area contributed by atoms with Crippen LogP contribution in [0.3, 0.4) is 0 Å². The number of rotatable bonds is 2. The Bertz CT molecular complexity index is 1040. The highest BCUT2D eigenvalue weighted by Crippen LogP contribution is 2.32. The molecule has 3 aromatic carbocycles. The zero-order chi connectivity index (χ0) is 15.8. The highest BCUT2D eigenvalue weighted by Gasteiger charge is 2.13. The van der Waals surface area contributed by atoms with E-state index in [0.29, 0.717) is 0 Å². The molecule has 0 aliphatic heterocycles. The first-order valence-electron chi connectivity index (χ1n) is 7.42. The van der Waals surface area contributed by atoms with Crippen molar-refractivity contribution in [2.75, 3.05) is 0 Å². The maximum absolute atomic E-state index is 11.7. The molecule has 0 aliphatic rings. The summed E-state index contributed by atoms with van der Waals surface area (Å²) in [6.45, 7) is 0. The van der Waals surface area contributed by atoms with Crippen molar-refractivity contribution in [2.45, 2.75) is 0 Å².